The van der Waals surface area contributed by atoms with Crippen molar-refractivity contribution in [2.75, 3.05) is 33.4 Å². The van der Waals surface area contributed by atoms with Crippen LogP contribution in [0.3, 0.4) is 0 Å². The summed E-state index contributed by atoms with van der Waals surface area (Å²) in [7, 11) is 1.74. The number of aliphatic imine (C=N–C) groups is 1. The number of ether oxygens (including phenoxy) is 2. The molecule has 1 fully saturated rings. The van der Waals surface area contributed by atoms with Gasteiger partial charge in [0.15, 0.2) is 5.96 Å². The summed E-state index contributed by atoms with van der Waals surface area (Å²) in [6, 6.07) is 7.61. The van der Waals surface area contributed by atoms with Crippen LogP contribution in [-0.4, -0.2) is 50.5 Å². The molecule has 0 aromatic heterocycles. The molecule has 0 aliphatic heterocycles. The molecule has 2 rings (SSSR count). The number of nitrogens with zero attached hydrogens (tertiary/aromatic N) is 1. The smallest absolute Gasteiger partial charge is 0.191 e. The highest BCUT2D eigenvalue weighted by atomic mass is 16.5. The van der Waals surface area contributed by atoms with E-state index in [1.54, 1.807) is 7.11 Å². The summed E-state index contributed by atoms with van der Waals surface area (Å²) in [6.07, 6.45) is 2.95. The van der Waals surface area contributed by atoms with Crippen LogP contribution < -0.4 is 15.4 Å². The second-order valence-corrected chi connectivity index (χ2v) is 7.57. The summed E-state index contributed by atoms with van der Waals surface area (Å²) >= 11 is 0. The molecule has 152 valence electrons. The van der Waals surface area contributed by atoms with E-state index in [9.17, 15) is 5.11 Å². The largest absolute Gasteiger partial charge is 0.491 e. The molecule has 1 aromatic carbocycles. The Morgan fingerprint density at radius 2 is 2.07 bits per heavy atom. The number of hydrogen-bond acceptors (Lipinski definition) is 4. The van der Waals surface area contributed by atoms with Crippen molar-refractivity contribution in [2.24, 2.45) is 10.4 Å². The quantitative estimate of drug-likeness (QED) is 0.408. The van der Waals surface area contributed by atoms with E-state index >= 15 is 0 Å². The molecule has 1 unspecified atom stereocenters. The van der Waals surface area contributed by atoms with Crippen LogP contribution in [0.25, 0.3) is 0 Å². The van der Waals surface area contributed by atoms with Crippen molar-refractivity contribution in [3.05, 3.63) is 29.8 Å². The van der Waals surface area contributed by atoms with Gasteiger partial charge in [0.1, 0.15) is 5.75 Å². The van der Waals surface area contributed by atoms with Gasteiger partial charge in [0.25, 0.3) is 0 Å². The molecule has 27 heavy (non-hydrogen) atoms. The van der Waals surface area contributed by atoms with E-state index in [0.29, 0.717) is 12.0 Å². The average Bonchev–Trinajstić information content (AvgIpc) is 3.42. The third-order valence-corrected chi connectivity index (χ3v) is 4.79. The first kappa shape index (κ1) is 21.5. The molecule has 0 heterocycles. The van der Waals surface area contributed by atoms with Crippen LogP contribution in [0, 0.1) is 5.41 Å². The van der Waals surface area contributed by atoms with Crippen LogP contribution >= 0.6 is 0 Å². The second-order valence-electron chi connectivity index (χ2n) is 7.57. The van der Waals surface area contributed by atoms with Gasteiger partial charge in [-0.25, -0.2) is 0 Å². The van der Waals surface area contributed by atoms with Gasteiger partial charge in [-0.15, -0.1) is 0 Å². The summed E-state index contributed by atoms with van der Waals surface area (Å²) < 4.78 is 10.9. The Labute approximate surface area is 163 Å². The molecule has 0 spiro atoms. The van der Waals surface area contributed by atoms with E-state index < -0.39 is 6.10 Å². The fourth-order valence-corrected chi connectivity index (χ4v) is 2.95. The molecular formula is C21H35N3O3. The van der Waals surface area contributed by atoms with Gasteiger partial charge in [0.05, 0.1) is 12.2 Å². The molecular weight excluding hydrogens is 342 g/mol. The van der Waals surface area contributed by atoms with E-state index in [1.165, 1.54) is 12.8 Å². The maximum atomic E-state index is 10.5. The van der Waals surface area contributed by atoms with Gasteiger partial charge >= 0.3 is 0 Å². The number of benzene rings is 1. The van der Waals surface area contributed by atoms with Crippen molar-refractivity contribution >= 4 is 5.96 Å². The van der Waals surface area contributed by atoms with Crippen LogP contribution in [0.4, 0.5) is 0 Å². The zero-order valence-electron chi connectivity index (χ0n) is 17.1. The van der Waals surface area contributed by atoms with Crippen molar-refractivity contribution in [1.82, 2.24) is 10.6 Å². The van der Waals surface area contributed by atoms with E-state index in [4.69, 9.17) is 14.5 Å². The first-order valence-electron chi connectivity index (χ1n) is 9.94. The number of nitrogens with one attached hydrogen (secondary N) is 2. The Balaban J connectivity index is 1.90. The minimum atomic E-state index is -0.632. The number of rotatable bonds is 11. The number of guanidine groups is 1. The first-order valence-corrected chi connectivity index (χ1v) is 9.94. The predicted molar refractivity (Wildman–Crippen MR) is 109 cm³/mol. The summed E-state index contributed by atoms with van der Waals surface area (Å²) in [4.78, 5) is 4.73. The maximum Gasteiger partial charge on any atom is 0.191 e. The standard InChI is InChI=1S/C21H35N3O3/c1-5-22-20(24-15-21(9-10-21)11-12-26-4)23-14-19(25)17-7-6-8-18(13-17)27-16(2)3/h6-8,13,16,19,25H,5,9-12,14-15H2,1-4H3,(H2,22,23,24). The lowest BCUT2D eigenvalue weighted by atomic mass is 10.0. The third-order valence-electron chi connectivity index (χ3n) is 4.79. The molecule has 0 bridgehead atoms. The molecule has 1 aliphatic rings. The van der Waals surface area contributed by atoms with Crippen molar-refractivity contribution in [1.29, 1.82) is 0 Å². The lowest BCUT2D eigenvalue weighted by Crippen LogP contribution is -2.39. The van der Waals surface area contributed by atoms with Crippen molar-refractivity contribution in [2.45, 2.75) is 52.2 Å². The van der Waals surface area contributed by atoms with Crippen molar-refractivity contribution in [3.63, 3.8) is 0 Å². The van der Waals surface area contributed by atoms with Gasteiger partial charge in [-0.1, -0.05) is 12.1 Å². The molecule has 6 nitrogen and oxygen atoms in total. The van der Waals surface area contributed by atoms with Gasteiger partial charge in [-0.3, -0.25) is 4.99 Å². The van der Waals surface area contributed by atoms with Crippen LogP contribution in [0.15, 0.2) is 29.3 Å². The van der Waals surface area contributed by atoms with E-state index in [0.717, 1.165) is 43.4 Å². The van der Waals surface area contributed by atoms with Gasteiger partial charge in [-0.05, 0) is 63.1 Å². The summed E-state index contributed by atoms with van der Waals surface area (Å²) in [5, 5.41) is 17.0. The van der Waals surface area contributed by atoms with Crippen LogP contribution in [0.5, 0.6) is 5.75 Å². The fraction of sp³-hybridized carbons (Fsp3) is 0.667. The topological polar surface area (TPSA) is 75.1 Å². The van der Waals surface area contributed by atoms with E-state index in [1.807, 2.05) is 45.0 Å². The highest BCUT2D eigenvalue weighted by Gasteiger charge is 2.41. The Hall–Kier alpha value is -1.79. The fourth-order valence-electron chi connectivity index (χ4n) is 2.95. The average molecular weight is 378 g/mol. The molecule has 1 atom stereocenters. The molecule has 6 heteroatoms. The molecule has 3 N–H and O–H groups in total. The van der Waals surface area contributed by atoms with Gasteiger partial charge in [0, 0.05) is 33.4 Å². The van der Waals surface area contributed by atoms with Gasteiger partial charge < -0.3 is 25.2 Å². The van der Waals surface area contributed by atoms with E-state index in [-0.39, 0.29) is 6.10 Å². The van der Waals surface area contributed by atoms with Crippen LogP contribution in [-0.2, 0) is 4.74 Å². The normalized spacial score (nSPS) is 16.9. The van der Waals surface area contributed by atoms with Crippen molar-refractivity contribution < 1.29 is 14.6 Å². The predicted octanol–water partition coefficient (Wildman–Crippen LogP) is 2.88. The zero-order valence-corrected chi connectivity index (χ0v) is 17.1. The van der Waals surface area contributed by atoms with Gasteiger partial charge in [-0.2, -0.15) is 0 Å². The monoisotopic (exact) mass is 377 g/mol. The summed E-state index contributed by atoms with van der Waals surface area (Å²) in [5.41, 5.74) is 1.13. The molecule has 1 aromatic rings. The second kappa shape index (κ2) is 10.5. The summed E-state index contributed by atoms with van der Waals surface area (Å²) in [5.74, 6) is 1.52. The molecule has 0 saturated heterocycles. The maximum absolute atomic E-state index is 10.5. The minimum absolute atomic E-state index is 0.107. The first-order chi connectivity index (χ1) is 13.0. The molecule has 0 radical (unpaired) electrons. The molecule has 1 aliphatic carbocycles. The highest BCUT2D eigenvalue weighted by Crippen LogP contribution is 2.48. The number of aliphatic hydroxyl groups is 1. The van der Waals surface area contributed by atoms with E-state index in [2.05, 4.69) is 10.6 Å². The SMILES string of the molecule is CCNC(=NCC1(CCOC)CC1)NCC(O)c1cccc(OC(C)C)c1. The Bertz CT molecular complexity index is 600. The Morgan fingerprint density at radius 1 is 1.30 bits per heavy atom. The Morgan fingerprint density at radius 3 is 2.70 bits per heavy atom. The van der Waals surface area contributed by atoms with Gasteiger partial charge in [0.2, 0.25) is 0 Å². The molecule has 1 saturated carbocycles. The molecule has 0 amide bonds. The zero-order chi connectivity index (χ0) is 19.7. The van der Waals surface area contributed by atoms with Crippen LogP contribution in [0.1, 0.15) is 51.7 Å². The third kappa shape index (κ3) is 7.39. The minimum Gasteiger partial charge on any atom is -0.491 e. The number of hydrogen-bond donors (Lipinski definition) is 3. The van der Waals surface area contributed by atoms with Crippen LogP contribution in [0.2, 0.25) is 0 Å². The van der Waals surface area contributed by atoms with Crippen molar-refractivity contribution in [3.8, 4) is 5.75 Å². The summed E-state index contributed by atoms with van der Waals surface area (Å²) in [6.45, 7) is 8.77. The number of methoxy groups -OCH3 is 1. The lowest BCUT2D eigenvalue weighted by Gasteiger charge is -2.18. The lowest BCUT2D eigenvalue weighted by molar-refractivity contribution is 0.173. The highest BCUT2D eigenvalue weighted by molar-refractivity contribution is 5.79. The number of aliphatic hydroxyl groups excluding tert-OH is 1. The Kier molecular flexibility index (Phi) is 8.38.